The van der Waals surface area contributed by atoms with E-state index in [1.807, 2.05) is 17.5 Å². The van der Waals surface area contributed by atoms with Gasteiger partial charge in [-0.2, -0.15) is 0 Å². The van der Waals surface area contributed by atoms with E-state index in [1.54, 1.807) is 29.1 Å². The van der Waals surface area contributed by atoms with Gasteiger partial charge in [-0.3, -0.25) is 14.5 Å². The van der Waals surface area contributed by atoms with Crippen molar-refractivity contribution in [1.29, 1.82) is 0 Å². The summed E-state index contributed by atoms with van der Waals surface area (Å²) in [7, 11) is 0. The van der Waals surface area contributed by atoms with Crippen LogP contribution >= 0.6 is 23.1 Å². The van der Waals surface area contributed by atoms with E-state index >= 15 is 0 Å². The summed E-state index contributed by atoms with van der Waals surface area (Å²) in [5.41, 5.74) is 1.31. The molecule has 2 aliphatic rings. The minimum absolute atomic E-state index is 0.0191. The van der Waals surface area contributed by atoms with E-state index in [2.05, 4.69) is 5.32 Å². The molecule has 1 fully saturated rings. The molecule has 4 rings (SSSR count). The highest BCUT2D eigenvalue weighted by atomic mass is 32.2. The van der Waals surface area contributed by atoms with Crippen LogP contribution in [0.15, 0.2) is 53.3 Å². The summed E-state index contributed by atoms with van der Waals surface area (Å²) >= 11 is 2.91. The molecular formula is C20H20N3O5S2+. The maximum absolute atomic E-state index is 12.7. The number of aromatic nitrogens is 1. The van der Waals surface area contributed by atoms with Gasteiger partial charge >= 0.3 is 5.97 Å². The predicted molar refractivity (Wildman–Crippen MR) is 110 cm³/mol. The number of thioether (sulfide) groups is 1. The Kier molecular flexibility index (Phi) is 5.89. The number of aliphatic hydroxyl groups excluding tert-OH is 1. The van der Waals surface area contributed by atoms with Crippen molar-refractivity contribution in [3.05, 3.63) is 63.7 Å². The fraction of sp³-hybridized carbons (Fsp3) is 0.300. The standard InChI is InChI=1S/C20H19N3O5S2/c24-10-12-3-1-5-22(8-12)9-13-11-30-19-16(18(26)23(19)17(13)20(27)28)21-15(25)7-14-4-2-6-29-14/h1-6,8,16,19,24H,7,9-11H2,(H-,21,25,27,28)/p+1/t16?,19-/m0/s1. The van der Waals surface area contributed by atoms with Crippen molar-refractivity contribution < 1.29 is 29.2 Å². The molecule has 1 unspecified atom stereocenters. The number of β-lactam (4-membered cyclic amide) rings is 1. The maximum Gasteiger partial charge on any atom is 0.352 e. The lowest BCUT2D eigenvalue weighted by atomic mass is 10.0. The highest BCUT2D eigenvalue weighted by Gasteiger charge is 2.54. The molecule has 2 aliphatic heterocycles. The number of carboxylic acid groups (broad SMARTS) is 1. The largest absolute Gasteiger partial charge is 0.477 e. The van der Waals surface area contributed by atoms with E-state index in [0.717, 1.165) is 4.88 Å². The molecule has 2 aromatic rings. The average molecular weight is 447 g/mol. The number of thiophene rings is 1. The Hall–Kier alpha value is -2.69. The topological polar surface area (TPSA) is 111 Å². The van der Waals surface area contributed by atoms with Crippen LogP contribution in [0.4, 0.5) is 0 Å². The molecule has 2 atom stereocenters. The molecule has 0 saturated carbocycles. The fourth-order valence-electron chi connectivity index (χ4n) is 3.59. The smallest absolute Gasteiger partial charge is 0.352 e. The fourth-order valence-corrected chi connectivity index (χ4v) is 5.63. The number of hydrogen-bond acceptors (Lipinski definition) is 6. The number of carbonyl (C=O) groups is 3. The number of carboxylic acids is 1. The number of rotatable bonds is 7. The number of pyridine rings is 1. The lowest BCUT2D eigenvalue weighted by Crippen LogP contribution is -2.70. The molecule has 3 N–H and O–H groups in total. The zero-order valence-electron chi connectivity index (χ0n) is 15.9. The zero-order valence-corrected chi connectivity index (χ0v) is 17.5. The molecule has 30 heavy (non-hydrogen) atoms. The van der Waals surface area contributed by atoms with E-state index in [0.29, 0.717) is 23.4 Å². The monoisotopic (exact) mass is 446 g/mol. The number of amides is 2. The number of carbonyl (C=O) groups excluding carboxylic acids is 2. The second-order valence-electron chi connectivity index (χ2n) is 7.01. The molecule has 0 aromatic carbocycles. The lowest BCUT2D eigenvalue weighted by molar-refractivity contribution is -0.689. The summed E-state index contributed by atoms with van der Waals surface area (Å²) in [6.45, 7) is 0.189. The van der Waals surface area contributed by atoms with Crippen molar-refractivity contribution >= 4 is 40.9 Å². The van der Waals surface area contributed by atoms with E-state index in [9.17, 15) is 24.6 Å². The second kappa shape index (κ2) is 8.58. The first-order valence-corrected chi connectivity index (χ1v) is 11.2. The van der Waals surface area contributed by atoms with Crippen molar-refractivity contribution in [3.63, 3.8) is 0 Å². The third kappa shape index (κ3) is 3.98. The van der Waals surface area contributed by atoms with Crippen LogP contribution in [0.25, 0.3) is 0 Å². The predicted octanol–water partition coefficient (Wildman–Crippen LogP) is 0.509. The van der Waals surface area contributed by atoms with E-state index < -0.39 is 23.3 Å². The third-order valence-electron chi connectivity index (χ3n) is 4.96. The first-order valence-electron chi connectivity index (χ1n) is 9.28. The lowest BCUT2D eigenvalue weighted by Gasteiger charge is -2.49. The normalized spacial score (nSPS) is 20.6. The van der Waals surface area contributed by atoms with Gasteiger partial charge in [-0.25, -0.2) is 9.36 Å². The number of nitrogens with zero attached hydrogens (tertiary/aromatic N) is 2. The molecule has 156 valence electrons. The van der Waals surface area contributed by atoms with Crippen molar-refractivity contribution in [2.45, 2.75) is 31.0 Å². The molecule has 4 heterocycles. The molecule has 0 radical (unpaired) electrons. The molecule has 1 saturated heterocycles. The maximum atomic E-state index is 12.7. The summed E-state index contributed by atoms with van der Waals surface area (Å²) in [4.78, 5) is 39.1. The van der Waals surface area contributed by atoms with Gasteiger partial charge in [0.25, 0.3) is 5.91 Å². The molecule has 0 bridgehead atoms. The Morgan fingerprint density at radius 3 is 2.83 bits per heavy atom. The first kappa shape index (κ1) is 20.6. The summed E-state index contributed by atoms with van der Waals surface area (Å²) < 4.78 is 1.79. The van der Waals surface area contributed by atoms with Crippen molar-refractivity contribution in [3.8, 4) is 0 Å². The van der Waals surface area contributed by atoms with Gasteiger partial charge in [-0.1, -0.05) is 6.07 Å². The van der Waals surface area contributed by atoms with Gasteiger partial charge in [0.15, 0.2) is 18.9 Å². The van der Waals surface area contributed by atoms with Crippen LogP contribution < -0.4 is 9.88 Å². The molecule has 0 spiro atoms. The number of aliphatic hydroxyl groups is 1. The van der Waals surface area contributed by atoms with Crippen LogP contribution in [-0.2, 0) is 34.0 Å². The van der Waals surface area contributed by atoms with Crippen LogP contribution in [0.1, 0.15) is 10.4 Å². The summed E-state index contributed by atoms with van der Waals surface area (Å²) in [5, 5.41) is 23.3. The number of nitrogens with one attached hydrogen (secondary N) is 1. The zero-order chi connectivity index (χ0) is 21.3. The quantitative estimate of drug-likeness (QED) is 0.422. The summed E-state index contributed by atoms with van der Waals surface area (Å²) in [6.07, 6.45) is 3.73. The Bertz CT molecular complexity index is 1020. The molecular weight excluding hydrogens is 426 g/mol. The van der Waals surface area contributed by atoms with Crippen molar-refractivity contribution in [2.24, 2.45) is 0 Å². The molecule has 10 heteroatoms. The third-order valence-corrected chi connectivity index (χ3v) is 7.17. The SMILES string of the molecule is O=C(Cc1cccs1)NC1C(=O)N2C(C(=O)O)=C(C[n+]3cccc(CO)c3)CS[C@@H]12. The molecule has 8 nitrogen and oxygen atoms in total. The second-order valence-corrected chi connectivity index (χ2v) is 9.15. The minimum Gasteiger partial charge on any atom is -0.477 e. The Morgan fingerprint density at radius 1 is 1.30 bits per heavy atom. The van der Waals surface area contributed by atoms with Crippen LogP contribution in [0.5, 0.6) is 0 Å². The van der Waals surface area contributed by atoms with E-state index in [4.69, 9.17) is 0 Å². The van der Waals surface area contributed by atoms with Gasteiger partial charge in [0, 0.05) is 27.8 Å². The van der Waals surface area contributed by atoms with Crippen molar-refractivity contribution in [2.75, 3.05) is 5.75 Å². The Labute approximate surface area is 180 Å². The van der Waals surface area contributed by atoms with Gasteiger partial charge in [-0.05, 0) is 17.5 Å². The molecule has 0 aliphatic carbocycles. The van der Waals surface area contributed by atoms with Gasteiger partial charge in [0.05, 0.1) is 13.0 Å². The van der Waals surface area contributed by atoms with E-state index in [1.165, 1.54) is 28.0 Å². The van der Waals surface area contributed by atoms with Gasteiger partial charge < -0.3 is 15.5 Å². The van der Waals surface area contributed by atoms with E-state index in [-0.39, 0.29) is 24.6 Å². The van der Waals surface area contributed by atoms with Gasteiger partial charge in [0.2, 0.25) is 5.91 Å². The van der Waals surface area contributed by atoms with Crippen molar-refractivity contribution in [1.82, 2.24) is 10.2 Å². The Morgan fingerprint density at radius 2 is 2.13 bits per heavy atom. The van der Waals surface area contributed by atoms with Gasteiger partial charge in [0.1, 0.15) is 17.1 Å². The number of hydrogen-bond donors (Lipinski definition) is 3. The van der Waals surface area contributed by atoms with Gasteiger partial charge in [-0.15, -0.1) is 23.1 Å². The average Bonchev–Trinajstić information content (AvgIpc) is 3.24. The highest BCUT2D eigenvalue weighted by Crippen LogP contribution is 2.40. The van der Waals surface area contributed by atoms with Crippen LogP contribution in [-0.4, -0.2) is 50.1 Å². The summed E-state index contributed by atoms with van der Waals surface area (Å²) in [5.74, 6) is -1.38. The van der Waals surface area contributed by atoms with Crippen LogP contribution in [0, 0.1) is 0 Å². The molecule has 2 aromatic heterocycles. The van der Waals surface area contributed by atoms with Crippen LogP contribution in [0.2, 0.25) is 0 Å². The van der Waals surface area contributed by atoms with Crippen LogP contribution in [0.3, 0.4) is 0 Å². The number of fused-ring (bicyclic) bond motifs is 1. The highest BCUT2D eigenvalue weighted by molar-refractivity contribution is 8.00. The molecule has 2 amide bonds. The number of aliphatic carboxylic acids is 1. The minimum atomic E-state index is -1.16. The summed E-state index contributed by atoms with van der Waals surface area (Å²) in [6, 6.07) is 6.55. The Balaban J connectivity index is 1.50. The first-order chi connectivity index (χ1) is 14.5.